The average Bonchev–Trinajstić information content (AvgIpc) is 2.57. The molecule has 27 heavy (non-hydrogen) atoms. The number of rotatable bonds is 15. The predicted molar refractivity (Wildman–Crippen MR) is 91.2 cm³/mol. The summed E-state index contributed by atoms with van der Waals surface area (Å²) >= 11 is 0. The van der Waals surface area contributed by atoms with Gasteiger partial charge < -0.3 is 4.74 Å². The van der Waals surface area contributed by atoms with Crippen molar-refractivity contribution in [1.82, 2.24) is 0 Å². The molecule has 0 N–H and O–H groups in total. The zero-order valence-electron chi connectivity index (χ0n) is 15.9. The molecule has 0 aromatic rings. The summed E-state index contributed by atoms with van der Waals surface area (Å²) in [4.78, 5) is 77.0. The van der Waals surface area contributed by atoms with Gasteiger partial charge in [-0.2, -0.15) is 4.89 Å². The Labute approximate surface area is 157 Å². The van der Waals surface area contributed by atoms with Gasteiger partial charge in [0.1, 0.15) is 17.3 Å². The molecule has 0 aromatic heterocycles. The maximum absolute atomic E-state index is 11.7. The molecule has 0 saturated carbocycles. The molecule has 0 atom stereocenters. The molecule has 0 spiro atoms. The van der Waals surface area contributed by atoms with Gasteiger partial charge in [-0.05, 0) is 5.92 Å². The predicted octanol–water partition coefficient (Wildman–Crippen LogP) is 1.30. The average molecular weight is 386 g/mol. The van der Waals surface area contributed by atoms with E-state index in [4.69, 9.17) is 0 Å². The number of hydrogen-bond acceptors (Lipinski definition) is 9. The third kappa shape index (κ3) is 14.4. The number of carbonyl (C=O) groups is 6. The molecule has 0 aliphatic heterocycles. The monoisotopic (exact) mass is 386 g/mol. The standard InChI is InChI=1S/C18H26O9/c1-12(2)11-26-27-18(24)17(23)10-16(22)7-6-14(20)4-5-15(21)8-9-25-13(3)19/h12H,4-11H2,1-3H3. The van der Waals surface area contributed by atoms with Crippen LogP contribution in [0.4, 0.5) is 0 Å². The second-order valence-corrected chi connectivity index (χ2v) is 6.36. The molecular weight excluding hydrogens is 360 g/mol. The van der Waals surface area contributed by atoms with Crippen LogP contribution in [-0.4, -0.2) is 48.3 Å². The quantitative estimate of drug-likeness (QED) is 0.134. The lowest BCUT2D eigenvalue weighted by Gasteiger charge is -2.05. The van der Waals surface area contributed by atoms with E-state index >= 15 is 0 Å². The third-order valence-electron chi connectivity index (χ3n) is 3.17. The minimum atomic E-state index is -1.26. The Morgan fingerprint density at radius 2 is 1.30 bits per heavy atom. The van der Waals surface area contributed by atoms with Crippen molar-refractivity contribution in [1.29, 1.82) is 0 Å². The van der Waals surface area contributed by atoms with Crippen LogP contribution in [0.25, 0.3) is 0 Å². The minimum absolute atomic E-state index is 0.00721. The summed E-state index contributed by atoms with van der Waals surface area (Å²) in [6, 6.07) is 0. The Kier molecular flexibility index (Phi) is 12.5. The van der Waals surface area contributed by atoms with E-state index in [-0.39, 0.29) is 62.8 Å². The molecule has 9 heteroatoms. The summed E-state index contributed by atoms with van der Waals surface area (Å²) in [5.41, 5.74) is 0. The molecule has 152 valence electrons. The molecule has 0 rings (SSSR count). The fourth-order valence-electron chi connectivity index (χ4n) is 1.73. The van der Waals surface area contributed by atoms with Crippen LogP contribution in [0.5, 0.6) is 0 Å². The first-order chi connectivity index (χ1) is 12.6. The zero-order valence-corrected chi connectivity index (χ0v) is 15.9. The number of esters is 1. The SMILES string of the molecule is CC(=O)OCCC(=O)CCC(=O)CCC(=O)CC(=O)C(=O)OOCC(C)C. The van der Waals surface area contributed by atoms with Crippen LogP contribution in [0.3, 0.4) is 0 Å². The number of ketones is 4. The van der Waals surface area contributed by atoms with Crippen molar-refractivity contribution in [2.75, 3.05) is 13.2 Å². The normalized spacial score (nSPS) is 10.4. The van der Waals surface area contributed by atoms with E-state index in [9.17, 15) is 28.8 Å². The van der Waals surface area contributed by atoms with Crippen LogP contribution < -0.4 is 0 Å². The Bertz CT molecular complexity index is 563. The van der Waals surface area contributed by atoms with Gasteiger partial charge in [-0.3, -0.25) is 28.9 Å². The van der Waals surface area contributed by atoms with E-state index in [1.165, 1.54) is 6.92 Å². The van der Waals surface area contributed by atoms with Crippen molar-refractivity contribution in [3.63, 3.8) is 0 Å². The topological polar surface area (TPSA) is 130 Å². The third-order valence-corrected chi connectivity index (χ3v) is 3.17. The van der Waals surface area contributed by atoms with Gasteiger partial charge in [0.2, 0.25) is 0 Å². The molecule has 0 aliphatic rings. The van der Waals surface area contributed by atoms with Crippen molar-refractivity contribution >= 4 is 35.1 Å². The van der Waals surface area contributed by atoms with Crippen molar-refractivity contribution in [2.45, 2.75) is 59.3 Å². The summed E-state index contributed by atoms with van der Waals surface area (Å²) < 4.78 is 4.62. The van der Waals surface area contributed by atoms with Crippen molar-refractivity contribution in [3.8, 4) is 0 Å². The largest absolute Gasteiger partial charge is 0.465 e. The van der Waals surface area contributed by atoms with Gasteiger partial charge in [0.05, 0.1) is 19.6 Å². The van der Waals surface area contributed by atoms with E-state index in [0.717, 1.165) is 0 Å². The maximum Gasteiger partial charge on any atom is 0.408 e. The Morgan fingerprint density at radius 3 is 1.81 bits per heavy atom. The molecule has 0 fully saturated rings. The van der Waals surface area contributed by atoms with Crippen LogP contribution >= 0.6 is 0 Å². The highest BCUT2D eigenvalue weighted by Gasteiger charge is 2.21. The van der Waals surface area contributed by atoms with Gasteiger partial charge in [0.25, 0.3) is 5.78 Å². The van der Waals surface area contributed by atoms with Gasteiger partial charge in [0.15, 0.2) is 0 Å². The maximum atomic E-state index is 11.7. The van der Waals surface area contributed by atoms with E-state index in [1.54, 1.807) is 0 Å². The number of carbonyl (C=O) groups excluding carboxylic acids is 6. The summed E-state index contributed by atoms with van der Waals surface area (Å²) in [5, 5.41) is 0. The minimum Gasteiger partial charge on any atom is -0.465 e. The highest BCUT2D eigenvalue weighted by Crippen LogP contribution is 2.05. The molecule has 0 aromatic carbocycles. The van der Waals surface area contributed by atoms with Crippen LogP contribution in [0.1, 0.15) is 59.3 Å². The zero-order chi connectivity index (χ0) is 20.8. The van der Waals surface area contributed by atoms with E-state index in [1.807, 2.05) is 13.8 Å². The number of hydrogen-bond donors (Lipinski definition) is 0. The van der Waals surface area contributed by atoms with Gasteiger partial charge in [-0.15, -0.1) is 0 Å². The summed E-state index contributed by atoms with van der Waals surface area (Å²) in [7, 11) is 0. The van der Waals surface area contributed by atoms with E-state index in [2.05, 4.69) is 14.5 Å². The number of Topliss-reactive ketones (excluding diaryl/α,β-unsaturated/α-hetero) is 4. The van der Waals surface area contributed by atoms with Gasteiger partial charge in [0, 0.05) is 39.0 Å². The Hall–Kier alpha value is -2.42. The molecule has 9 nitrogen and oxygen atoms in total. The van der Waals surface area contributed by atoms with Crippen molar-refractivity contribution in [3.05, 3.63) is 0 Å². The second-order valence-electron chi connectivity index (χ2n) is 6.36. The molecule has 0 saturated heterocycles. The lowest BCUT2D eigenvalue weighted by atomic mass is 10.0. The van der Waals surface area contributed by atoms with Gasteiger partial charge in [-0.25, -0.2) is 4.79 Å². The van der Waals surface area contributed by atoms with Crippen LogP contribution in [0.15, 0.2) is 0 Å². The first-order valence-electron chi connectivity index (χ1n) is 8.66. The Balaban J connectivity index is 3.94. The van der Waals surface area contributed by atoms with Crippen LogP contribution in [0, 0.1) is 5.92 Å². The molecule has 0 bridgehead atoms. The van der Waals surface area contributed by atoms with Crippen LogP contribution in [0.2, 0.25) is 0 Å². The molecule has 0 amide bonds. The molecule has 0 radical (unpaired) electrons. The fraction of sp³-hybridized carbons (Fsp3) is 0.667. The Morgan fingerprint density at radius 1 is 0.778 bits per heavy atom. The first kappa shape index (κ1) is 24.6. The fourth-order valence-corrected chi connectivity index (χ4v) is 1.73. The summed E-state index contributed by atoms with van der Waals surface area (Å²) in [5.74, 6) is -3.79. The lowest BCUT2D eigenvalue weighted by Crippen LogP contribution is -2.22. The van der Waals surface area contributed by atoms with Crippen LogP contribution in [-0.2, 0) is 43.3 Å². The number of ether oxygens (including phenoxy) is 1. The van der Waals surface area contributed by atoms with Crippen molar-refractivity contribution < 1.29 is 43.3 Å². The molecule has 0 heterocycles. The second kappa shape index (κ2) is 13.7. The first-order valence-corrected chi connectivity index (χ1v) is 8.66. The van der Waals surface area contributed by atoms with E-state index < -0.39 is 29.9 Å². The summed E-state index contributed by atoms with van der Waals surface area (Å²) in [6.07, 6.45) is -1.01. The smallest absolute Gasteiger partial charge is 0.408 e. The highest BCUT2D eigenvalue weighted by molar-refractivity contribution is 6.36. The van der Waals surface area contributed by atoms with Crippen molar-refractivity contribution in [2.24, 2.45) is 5.92 Å². The van der Waals surface area contributed by atoms with Gasteiger partial charge in [-0.1, -0.05) is 13.8 Å². The van der Waals surface area contributed by atoms with Gasteiger partial charge >= 0.3 is 11.9 Å². The molecule has 0 unspecified atom stereocenters. The highest BCUT2D eigenvalue weighted by atomic mass is 17.2. The molecule has 0 aliphatic carbocycles. The lowest BCUT2D eigenvalue weighted by molar-refractivity contribution is -0.273. The molecular formula is C18H26O9. The summed E-state index contributed by atoms with van der Waals surface area (Å²) in [6.45, 7) is 4.97. The van der Waals surface area contributed by atoms with E-state index in [0.29, 0.717) is 0 Å².